The molecular weight excluding hydrogens is 267 g/mol. The van der Waals surface area contributed by atoms with E-state index in [1.54, 1.807) is 0 Å². The minimum Gasteiger partial charge on any atom is -0.399 e. The van der Waals surface area contributed by atoms with E-state index in [9.17, 15) is 12.8 Å². The summed E-state index contributed by atoms with van der Waals surface area (Å²) in [5, 5.41) is 0. The molecule has 0 amide bonds. The molecule has 0 aliphatic rings. The Morgan fingerprint density at radius 2 is 2.00 bits per heavy atom. The molecule has 0 spiro atoms. The molecule has 1 aromatic carbocycles. The summed E-state index contributed by atoms with van der Waals surface area (Å²) in [7, 11) is -3.74. The van der Waals surface area contributed by atoms with Gasteiger partial charge in [0.15, 0.2) is 0 Å². The number of hydrogen-bond acceptors (Lipinski definition) is 3. The molecule has 19 heavy (non-hydrogen) atoms. The van der Waals surface area contributed by atoms with Gasteiger partial charge >= 0.3 is 0 Å². The molecule has 0 aromatic heterocycles. The zero-order chi connectivity index (χ0) is 14.6. The molecule has 0 saturated carbocycles. The van der Waals surface area contributed by atoms with E-state index in [-0.39, 0.29) is 22.2 Å². The molecule has 4 nitrogen and oxygen atoms in total. The first kappa shape index (κ1) is 15.9. The van der Waals surface area contributed by atoms with E-state index in [4.69, 9.17) is 5.73 Å². The minimum atomic E-state index is -3.74. The van der Waals surface area contributed by atoms with Crippen LogP contribution in [0.1, 0.15) is 38.7 Å². The molecule has 1 atom stereocenters. The monoisotopic (exact) mass is 288 g/mol. The predicted molar refractivity (Wildman–Crippen MR) is 74.9 cm³/mol. The van der Waals surface area contributed by atoms with Crippen molar-refractivity contribution >= 4 is 15.7 Å². The van der Waals surface area contributed by atoms with E-state index >= 15 is 0 Å². The van der Waals surface area contributed by atoms with Gasteiger partial charge in [-0.2, -0.15) is 0 Å². The minimum absolute atomic E-state index is 0.0837. The van der Waals surface area contributed by atoms with Crippen LogP contribution in [0.5, 0.6) is 0 Å². The van der Waals surface area contributed by atoms with Gasteiger partial charge in [-0.15, -0.1) is 0 Å². The molecule has 1 rings (SSSR count). The van der Waals surface area contributed by atoms with Crippen LogP contribution < -0.4 is 10.5 Å². The quantitative estimate of drug-likeness (QED) is 0.790. The molecule has 1 aromatic rings. The number of nitrogen functional groups attached to an aromatic ring is 1. The summed E-state index contributed by atoms with van der Waals surface area (Å²) in [6.07, 6.45) is 2.32. The fourth-order valence-corrected chi connectivity index (χ4v) is 3.57. The summed E-state index contributed by atoms with van der Waals surface area (Å²) < 4.78 is 40.7. The number of hydrogen-bond donors (Lipinski definition) is 2. The first-order chi connectivity index (χ1) is 8.81. The first-order valence-corrected chi connectivity index (χ1v) is 7.88. The highest BCUT2D eigenvalue weighted by Gasteiger charge is 2.22. The molecule has 1 unspecified atom stereocenters. The lowest BCUT2D eigenvalue weighted by Gasteiger charge is -2.17. The van der Waals surface area contributed by atoms with Crippen LogP contribution in [0, 0.1) is 12.7 Å². The van der Waals surface area contributed by atoms with Crippen LogP contribution in [0.2, 0.25) is 0 Å². The molecular formula is C13H21FN2O2S. The molecule has 0 heterocycles. The zero-order valence-corrected chi connectivity index (χ0v) is 12.3. The van der Waals surface area contributed by atoms with E-state index < -0.39 is 15.8 Å². The van der Waals surface area contributed by atoms with Crippen molar-refractivity contribution in [3.63, 3.8) is 0 Å². The molecule has 0 radical (unpaired) electrons. The van der Waals surface area contributed by atoms with Crippen LogP contribution in [-0.4, -0.2) is 14.5 Å². The van der Waals surface area contributed by atoms with Crippen molar-refractivity contribution < 1.29 is 12.8 Å². The Hall–Kier alpha value is -1.14. The average Bonchev–Trinajstić information content (AvgIpc) is 2.32. The van der Waals surface area contributed by atoms with Crippen molar-refractivity contribution in [1.82, 2.24) is 4.72 Å². The van der Waals surface area contributed by atoms with Gasteiger partial charge in [-0.1, -0.05) is 20.3 Å². The molecule has 0 fully saturated rings. The SMILES string of the molecule is CCCC(CC)NS(=O)(=O)c1cc(N)cc(F)c1C. The number of nitrogens with one attached hydrogen (secondary N) is 1. The van der Waals surface area contributed by atoms with Gasteiger partial charge in [0.1, 0.15) is 5.82 Å². The number of anilines is 1. The largest absolute Gasteiger partial charge is 0.399 e. The van der Waals surface area contributed by atoms with Crippen LogP contribution in [0.15, 0.2) is 17.0 Å². The molecule has 0 aliphatic heterocycles. The Morgan fingerprint density at radius 1 is 1.37 bits per heavy atom. The van der Waals surface area contributed by atoms with Crippen LogP contribution in [0.3, 0.4) is 0 Å². The normalized spacial score (nSPS) is 13.5. The fourth-order valence-electron chi connectivity index (χ4n) is 1.93. The van der Waals surface area contributed by atoms with Gasteiger partial charge in [0.05, 0.1) is 4.90 Å². The van der Waals surface area contributed by atoms with Gasteiger partial charge < -0.3 is 5.73 Å². The van der Waals surface area contributed by atoms with E-state index in [1.807, 2.05) is 13.8 Å². The molecule has 6 heteroatoms. The maximum Gasteiger partial charge on any atom is 0.241 e. The van der Waals surface area contributed by atoms with E-state index in [0.29, 0.717) is 6.42 Å². The standard InChI is InChI=1S/C13H21FN2O2S/c1-4-6-11(5-2)16-19(17,18)13-8-10(15)7-12(14)9(13)3/h7-8,11,16H,4-6,15H2,1-3H3. The molecule has 0 saturated heterocycles. The average molecular weight is 288 g/mol. The van der Waals surface area contributed by atoms with Gasteiger partial charge in [0.25, 0.3) is 0 Å². The number of sulfonamides is 1. The number of benzene rings is 1. The third-order valence-electron chi connectivity index (χ3n) is 3.06. The molecule has 108 valence electrons. The third-order valence-corrected chi connectivity index (χ3v) is 4.71. The lowest BCUT2D eigenvalue weighted by Crippen LogP contribution is -2.34. The van der Waals surface area contributed by atoms with Crippen molar-refractivity contribution in [2.45, 2.75) is 51.0 Å². The summed E-state index contributed by atoms with van der Waals surface area (Å²) in [6, 6.07) is 2.27. The Balaban J connectivity index is 3.13. The van der Waals surface area contributed by atoms with Gasteiger partial charge in [-0.25, -0.2) is 17.5 Å². The Kier molecular flexibility index (Phi) is 5.31. The lowest BCUT2D eigenvalue weighted by molar-refractivity contribution is 0.511. The number of halogens is 1. The Morgan fingerprint density at radius 3 is 2.53 bits per heavy atom. The summed E-state index contributed by atoms with van der Waals surface area (Å²) in [5.41, 5.74) is 5.71. The highest BCUT2D eigenvalue weighted by atomic mass is 32.2. The van der Waals surface area contributed by atoms with E-state index in [0.717, 1.165) is 18.9 Å². The van der Waals surface area contributed by atoms with Crippen molar-refractivity contribution in [3.05, 3.63) is 23.5 Å². The van der Waals surface area contributed by atoms with Crippen molar-refractivity contribution in [3.8, 4) is 0 Å². The maximum atomic E-state index is 13.6. The smallest absolute Gasteiger partial charge is 0.241 e. The van der Waals surface area contributed by atoms with Crippen molar-refractivity contribution in [2.24, 2.45) is 0 Å². The predicted octanol–water partition coefficient (Wildman–Crippen LogP) is 2.57. The lowest BCUT2D eigenvalue weighted by atomic mass is 10.1. The second-order valence-electron chi connectivity index (χ2n) is 4.64. The van der Waals surface area contributed by atoms with Crippen molar-refractivity contribution in [2.75, 3.05) is 5.73 Å². The highest BCUT2D eigenvalue weighted by molar-refractivity contribution is 7.89. The van der Waals surface area contributed by atoms with Crippen molar-refractivity contribution in [1.29, 1.82) is 0 Å². The topological polar surface area (TPSA) is 72.2 Å². The van der Waals surface area contributed by atoms with Gasteiger partial charge in [0, 0.05) is 17.3 Å². The first-order valence-electron chi connectivity index (χ1n) is 6.39. The van der Waals surface area contributed by atoms with E-state index in [1.165, 1.54) is 13.0 Å². The summed E-state index contributed by atoms with van der Waals surface area (Å²) in [5.74, 6) is -0.607. The van der Waals surface area contributed by atoms with Crippen LogP contribution >= 0.6 is 0 Å². The Bertz CT molecular complexity index is 544. The summed E-state index contributed by atoms with van der Waals surface area (Å²) in [6.45, 7) is 5.34. The summed E-state index contributed by atoms with van der Waals surface area (Å²) >= 11 is 0. The van der Waals surface area contributed by atoms with Crippen LogP contribution in [0.25, 0.3) is 0 Å². The number of rotatable bonds is 6. The molecule has 0 bridgehead atoms. The highest BCUT2D eigenvalue weighted by Crippen LogP contribution is 2.22. The Labute approximate surface area is 114 Å². The third kappa shape index (κ3) is 3.91. The second kappa shape index (κ2) is 6.34. The number of nitrogens with two attached hydrogens (primary N) is 1. The van der Waals surface area contributed by atoms with Gasteiger partial charge in [-0.3, -0.25) is 0 Å². The fraction of sp³-hybridized carbons (Fsp3) is 0.538. The van der Waals surface area contributed by atoms with Gasteiger partial charge in [0.2, 0.25) is 10.0 Å². The molecule has 3 N–H and O–H groups in total. The zero-order valence-electron chi connectivity index (χ0n) is 11.5. The van der Waals surface area contributed by atoms with Gasteiger partial charge in [-0.05, 0) is 31.9 Å². The summed E-state index contributed by atoms with van der Waals surface area (Å²) in [4.78, 5) is -0.0837. The maximum absolute atomic E-state index is 13.6. The molecule has 0 aliphatic carbocycles. The van der Waals surface area contributed by atoms with E-state index in [2.05, 4.69) is 4.72 Å². The van der Waals surface area contributed by atoms with Crippen LogP contribution in [-0.2, 0) is 10.0 Å². The van der Waals surface area contributed by atoms with Crippen LogP contribution in [0.4, 0.5) is 10.1 Å². The second-order valence-corrected chi connectivity index (χ2v) is 6.32.